The molecule has 15 heavy (non-hydrogen) atoms. The van der Waals surface area contributed by atoms with Crippen LogP contribution in [0.15, 0.2) is 0 Å². The summed E-state index contributed by atoms with van der Waals surface area (Å²) in [7, 11) is 3.64. The van der Waals surface area contributed by atoms with Gasteiger partial charge in [-0.05, 0) is 26.3 Å². The zero-order valence-corrected chi connectivity index (χ0v) is 9.71. The fourth-order valence-corrected chi connectivity index (χ4v) is 2.39. The van der Waals surface area contributed by atoms with E-state index in [9.17, 15) is 0 Å². The van der Waals surface area contributed by atoms with Crippen molar-refractivity contribution in [1.82, 2.24) is 15.1 Å². The first-order valence-electron chi connectivity index (χ1n) is 5.55. The van der Waals surface area contributed by atoms with Crippen molar-refractivity contribution in [3.8, 4) is 5.88 Å². The maximum atomic E-state index is 5.41. The molecule has 1 saturated heterocycles. The zero-order chi connectivity index (χ0) is 10.8. The number of nitrogens with zero attached hydrogens (tertiary/aromatic N) is 2. The lowest BCUT2D eigenvalue weighted by Gasteiger charge is -2.23. The first-order valence-corrected chi connectivity index (χ1v) is 5.55. The molecule has 0 aliphatic carbocycles. The molecule has 0 bridgehead atoms. The van der Waals surface area contributed by atoms with Crippen LogP contribution in [0, 0.1) is 6.92 Å². The molecule has 0 saturated carbocycles. The fourth-order valence-electron chi connectivity index (χ4n) is 2.39. The Morgan fingerprint density at radius 1 is 1.47 bits per heavy atom. The van der Waals surface area contributed by atoms with Gasteiger partial charge in [-0.1, -0.05) is 6.42 Å². The van der Waals surface area contributed by atoms with Crippen molar-refractivity contribution in [3.63, 3.8) is 0 Å². The van der Waals surface area contributed by atoms with E-state index in [0.717, 1.165) is 18.1 Å². The van der Waals surface area contributed by atoms with Crippen LogP contribution in [-0.2, 0) is 7.05 Å². The number of piperidine rings is 1. The van der Waals surface area contributed by atoms with Gasteiger partial charge in [-0.25, -0.2) is 4.68 Å². The Morgan fingerprint density at radius 2 is 2.27 bits per heavy atom. The Bertz CT molecular complexity index is 340. The van der Waals surface area contributed by atoms with Gasteiger partial charge in [0.05, 0.1) is 18.4 Å². The fraction of sp³-hybridized carbons (Fsp3) is 0.727. The molecule has 1 fully saturated rings. The minimum Gasteiger partial charge on any atom is -0.481 e. The molecular weight excluding hydrogens is 190 g/mol. The van der Waals surface area contributed by atoms with Crippen LogP contribution in [0.4, 0.5) is 0 Å². The molecule has 1 aliphatic heterocycles. The lowest BCUT2D eigenvalue weighted by molar-refractivity contribution is 0.350. The maximum absolute atomic E-state index is 5.41. The van der Waals surface area contributed by atoms with Gasteiger partial charge in [0.1, 0.15) is 0 Å². The maximum Gasteiger partial charge on any atom is 0.216 e. The van der Waals surface area contributed by atoms with E-state index in [2.05, 4.69) is 10.4 Å². The van der Waals surface area contributed by atoms with Crippen molar-refractivity contribution < 1.29 is 4.74 Å². The molecule has 0 radical (unpaired) electrons. The standard InChI is InChI=1S/C11H19N3O/c1-8-10(9-6-4-5-7-12-9)11(15-3)14(2)13-8/h9,12H,4-7H2,1-3H3. The molecule has 4 heteroatoms. The number of hydrogen-bond donors (Lipinski definition) is 1. The van der Waals surface area contributed by atoms with Gasteiger partial charge in [0.2, 0.25) is 5.88 Å². The number of methoxy groups -OCH3 is 1. The summed E-state index contributed by atoms with van der Waals surface area (Å²) in [6.45, 7) is 3.15. The predicted molar refractivity (Wildman–Crippen MR) is 59.1 cm³/mol. The van der Waals surface area contributed by atoms with Crippen molar-refractivity contribution in [2.24, 2.45) is 7.05 Å². The summed E-state index contributed by atoms with van der Waals surface area (Å²) in [6, 6.07) is 0.419. The first kappa shape index (κ1) is 10.5. The summed E-state index contributed by atoms with van der Waals surface area (Å²) in [4.78, 5) is 0. The molecule has 4 nitrogen and oxygen atoms in total. The van der Waals surface area contributed by atoms with Crippen molar-refractivity contribution in [1.29, 1.82) is 0 Å². The molecule has 1 aromatic rings. The Hall–Kier alpha value is -1.03. The van der Waals surface area contributed by atoms with E-state index >= 15 is 0 Å². The molecule has 2 rings (SSSR count). The minimum atomic E-state index is 0.419. The number of ether oxygens (including phenoxy) is 1. The molecule has 84 valence electrons. The van der Waals surface area contributed by atoms with Gasteiger partial charge in [0.25, 0.3) is 0 Å². The molecule has 1 unspecified atom stereocenters. The predicted octanol–water partition coefficient (Wildman–Crippen LogP) is 1.55. The molecular formula is C11H19N3O. The summed E-state index contributed by atoms with van der Waals surface area (Å²) >= 11 is 0. The molecule has 1 aromatic heterocycles. The first-order chi connectivity index (χ1) is 7.24. The summed E-state index contributed by atoms with van der Waals surface area (Å²) in [5, 5.41) is 7.94. The average Bonchev–Trinajstić information content (AvgIpc) is 2.54. The summed E-state index contributed by atoms with van der Waals surface area (Å²) in [5.74, 6) is 0.895. The van der Waals surface area contributed by atoms with E-state index in [-0.39, 0.29) is 0 Å². The smallest absolute Gasteiger partial charge is 0.216 e. The van der Waals surface area contributed by atoms with E-state index < -0.39 is 0 Å². The van der Waals surface area contributed by atoms with Crippen LogP contribution in [0.1, 0.15) is 36.6 Å². The monoisotopic (exact) mass is 209 g/mol. The van der Waals surface area contributed by atoms with Gasteiger partial charge in [-0.3, -0.25) is 0 Å². The van der Waals surface area contributed by atoms with Crippen molar-refractivity contribution in [3.05, 3.63) is 11.3 Å². The molecule has 0 aromatic carbocycles. The summed E-state index contributed by atoms with van der Waals surface area (Å²) < 4.78 is 7.23. The van der Waals surface area contributed by atoms with Crippen LogP contribution in [-0.4, -0.2) is 23.4 Å². The molecule has 1 atom stereocenters. The third kappa shape index (κ3) is 1.86. The molecule has 0 spiro atoms. The highest BCUT2D eigenvalue weighted by Crippen LogP contribution is 2.32. The van der Waals surface area contributed by atoms with Crippen LogP contribution in [0.2, 0.25) is 0 Å². The summed E-state index contributed by atoms with van der Waals surface area (Å²) in [6.07, 6.45) is 3.75. The van der Waals surface area contributed by atoms with Gasteiger partial charge in [0, 0.05) is 13.1 Å². The normalized spacial score (nSPS) is 21.7. The van der Waals surface area contributed by atoms with Crippen molar-refractivity contribution in [2.75, 3.05) is 13.7 Å². The molecule has 1 N–H and O–H groups in total. The van der Waals surface area contributed by atoms with Crippen LogP contribution < -0.4 is 10.1 Å². The lowest BCUT2D eigenvalue weighted by Crippen LogP contribution is -2.27. The minimum absolute atomic E-state index is 0.419. The lowest BCUT2D eigenvalue weighted by atomic mass is 9.98. The quantitative estimate of drug-likeness (QED) is 0.803. The van der Waals surface area contributed by atoms with Crippen LogP contribution in [0.3, 0.4) is 0 Å². The molecule has 0 amide bonds. The Morgan fingerprint density at radius 3 is 2.87 bits per heavy atom. The number of nitrogens with one attached hydrogen (secondary N) is 1. The van der Waals surface area contributed by atoms with Crippen molar-refractivity contribution in [2.45, 2.75) is 32.2 Å². The van der Waals surface area contributed by atoms with E-state index in [0.29, 0.717) is 6.04 Å². The van der Waals surface area contributed by atoms with Crippen LogP contribution in [0.5, 0.6) is 5.88 Å². The summed E-state index contributed by atoms with van der Waals surface area (Å²) in [5.41, 5.74) is 2.31. The van der Waals surface area contributed by atoms with Gasteiger partial charge >= 0.3 is 0 Å². The van der Waals surface area contributed by atoms with Gasteiger partial charge < -0.3 is 10.1 Å². The second kappa shape index (κ2) is 4.23. The van der Waals surface area contributed by atoms with E-state index in [4.69, 9.17) is 4.74 Å². The Kier molecular flexibility index (Phi) is 2.95. The second-order valence-corrected chi connectivity index (χ2v) is 4.13. The van der Waals surface area contributed by atoms with Gasteiger partial charge in [0.15, 0.2) is 0 Å². The topological polar surface area (TPSA) is 39.1 Å². The van der Waals surface area contributed by atoms with Gasteiger partial charge in [-0.15, -0.1) is 0 Å². The highest BCUT2D eigenvalue weighted by molar-refractivity contribution is 5.34. The van der Waals surface area contributed by atoms with Gasteiger partial charge in [-0.2, -0.15) is 5.10 Å². The molecule has 1 aliphatic rings. The number of rotatable bonds is 2. The highest BCUT2D eigenvalue weighted by Gasteiger charge is 2.24. The molecule has 2 heterocycles. The Balaban J connectivity index is 2.32. The third-order valence-electron chi connectivity index (χ3n) is 3.07. The highest BCUT2D eigenvalue weighted by atomic mass is 16.5. The van der Waals surface area contributed by atoms with E-state index in [1.807, 2.05) is 18.7 Å². The number of hydrogen-bond acceptors (Lipinski definition) is 3. The van der Waals surface area contributed by atoms with Crippen molar-refractivity contribution >= 4 is 0 Å². The largest absolute Gasteiger partial charge is 0.481 e. The van der Waals surface area contributed by atoms with E-state index in [1.54, 1.807) is 7.11 Å². The van der Waals surface area contributed by atoms with Crippen LogP contribution >= 0.6 is 0 Å². The van der Waals surface area contributed by atoms with E-state index in [1.165, 1.54) is 24.8 Å². The number of aryl methyl sites for hydroxylation is 2. The zero-order valence-electron chi connectivity index (χ0n) is 9.71. The average molecular weight is 209 g/mol. The SMILES string of the molecule is COc1c(C2CCCCN2)c(C)nn1C. The third-order valence-corrected chi connectivity index (χ3v) is 3.07. The number of aromatic nitrogens is 2. The Labute approximate surface area is 90.6 Å². The second-order valence-electron chi connectivity index (χ2n) is 4.13. The van der Waals surface area contributed by atoms with Crippen LogP contribution in [0.25, 0.3) is 0 Å².